The van der Waals surface area contributed by atoms with Crippen molar-refractivity contribution in [2.45, 2.75) is 6.54 Å². The van der Waals surface area contributed by atoms with E-state index >= 15 is 0 Å². The summed E-state index contributed by atoms with van der Waals surface area (Å²) in [7, 11) is 0. The van der Waals surface area contributed by atoms with Crippen LogP contribution in [0.2, 0.25) is 5.02 Å². The average molecular weight is 382 g/mol. The molecule has 1 aliphatic heterocycles. The molecular weight excluding hydrogens is 362 g/mol. The molecular formula is C21H20ClN3O2. The molecule has 0 unspecified atom stereocenters. The number of ether oxygens (including phenoxy) is 1. The van der Waals surface area contributed by atoms with Crippen molar-refractivity contribution in [3.8, 4) is 6.07 Å². The molecule has 1 aliphatic rings. The van der Waals surface area contributed by atoms with E-state index in [0.717, 1.165) is 43.1 Å². The number of hydrogen-bond donors (Lipinski definition) is 1. The largest absolute Gasteiger partial charge is 0.378 e. The predicted molar refractivity (Wildman–Crippen MR) is 106 cm³/mol. The van der Waals surface area contributed by atoms with Crippen molar-refractivity contribution >= 4 is 29.3 Å². The quantitative estimate of drug-likeness (QED) is 0.636. The molecule has 138 valence electrons. The third-order valence-corrected chi connectivity index (χ3v) is 4.56. The van der Waals surface area contributed by atoms with Crippen LogP contribution in [0.5, 0.6) is 0 Å². The molecule has 0 spiro atoms. The van der Waals surface area contributed by atoms with Gasteiger partial charge in [-0.1, -0.05) is 35.9 Å². The molecule has 1 saturated heterocycles. The lowest BCUT2D eigenvalue weighted by Gasteiger charge is -2.28. The van der Waals surface area contributed by atoms with Crippen molar-refractivity contribution < 1.29 is 9.53 Å². The van der Waals surface area contributed by atoms with Crippen molar-refractivity contribution in [2.75, 3.05) is 31.2 Å². The molecule has 2 aromatic rings. The van der Waals surface area contributed by atoms with Gasteiger partial charge in [-0.25, -0.2) is 0 Å². The molecule has 6 heteroatoms. The van der Waals surface area contributed by atoms with Crippen LogP contribution in [0.3, 0.4) is 0 Å². The number of anilines is 1. The maximum atomic E-state index is 12.3. The van der Waals surface area contributed by atoms with Gasteiger partial charge in [0.2, 0.25) is 0 Å². The molecule has 0 aliphatic carbocycles. The highest BCUT2D eigenvalue weighted by atomic mass is 35.5. The lowest BCUT2D eigenvalue weighted by molar-refractivity contribution is -0.117. The van der Waals surface area contributed by atoms with Gasteiger partial charge >= 0.3 is 0 Å². The van der Waals surface area contributed by atoms with Crippen LogP contribution < -0.4 is 10.2 Å². The zero-order valence-electron chi connectivity index (χ0n) is 14.8. The Bertz CT molecular complexity index is 848. The fourth-order valence-electron chi connectivity index (χ4n) is 2.80. The van der Waals surface area contributed by atoms with Crippen molar-refractivity contribution in [1.29, 1.82) is 5.26 Å². The third kappa shape index (κ3) is 5.33. The summed E-state index contributed by atoms with van der Waals surface area (Å²) in [6, 6.07) is 17.0. The smallest absolute Gasteiger partial charge is 0.262 e. The summed E-state index contributed by atoms with van der Waals surface area (Å²) < 4.78 is 5.36. The summed E-state index contributed by atoms with van der Waals surface area (Å²) in [5.41, 5.74) is 2.91. The molecule has 0 aromatic heterocycles. The normalized spacial score (nSPS) is 14.5. The number of rotatable bonds is 5. The van der Waals surface area contributed by atoms with E-state index in [2.05, 4.69) is 10.2 Å². The molecule has 3 rings (SSSR count). The minimum absolute atomic E-state index is 0.0723. The van der Waals surface area contributed by atoms with Gasteiger partial charge in [-0.2, -0.15) is 5.26 Å². The Morgan fingerprint density at radius 2 is 1.81 bits per heavy atom. The lowest BCUT2D eigenvalue weighted by atomic mass is 10.1. The predicted octanol–water partition coefficient (Wildman–Crippen LogP) is 3.40. The summed E-state index contributed by atoms with van der Waals surface area (Å²) in [4.78, 5) is 14.5. The minimum Gasteiger partial charge on any atom is -0.378 e. The molecule has 0 radical (unpaired) electrons. The Kier molecular flexibility index (Phi) is 6.48. The Labute approximate surface area is 163 Å². The number of carbonyl (C=O) groups excluding carboxylic acids is 1. The summed E-state index contributed by atoms with van der Waals surface area (Å²) in [5.74, 6) is -0.398. The van der Waals surface area contributed by atoms with E-state index in [1.165, 1.54) is 0 Å². The van der Waals surface area contributed by atoms with E-state index in [9.17, 15) is 10.1 Å². The zero-order valence-corrected chi connectivity index (χ0v) is 15.6. The highest BCUT2D eigenvalue weighted by Gasteiger charge is 2.12. The van der Waals surface area contributed by atoms with Gasteiger partial charge in [0.05, 0.1) is 13.2 Å². The number of amides is 1. The number of benzene rings is 2. The van der Waals surface area contributed by atoms with E-state index in [-0.39, 0.29) is 5.57 Å². The molecule has 1 amide bonds. The van der Waals surface area contributed by atoms with Gasteiger partial charge in [-0.05, 0) is 41.5 Å². The fraction of sp³-hybridized carbons (Fsp3) is 0.238. The first-order valence-electron chi connectivity index (χ1n) is 8.73. The second-order valence-electron chi connectivity index (χ2n) is 6.17. The van der Waals surface area contributed by atoms with E-state index < -0.39 is 5.91 Å². The van der Waals surface area contributed by atoms with Crippen molar-refractivity contribution in [3.05, 3.63) is 70.3 Å². The number of morpholine rings is 1. The molecule has 2 aromatic carbocycles. The summed E-state index contributed by atoms with van der Waals surface area (Å²) in [5, 5.41) is 12.7. The van der Waals surface area contributed by atoms with Crippen LogP contribution in [0.15, 0.2) is 54.1 Å². The molecule has 27 heavy (non-hydrogen) atoms. The number of carbonyl (C=O) groups is 1. The number of halogens is 1. The summed E-state index contributed by atoms with van der Waals surface area (Å²) in [6.07, 6.45) is 1.60. The second kappa shape index (κ2) is 9.22. The monoisotopic (exact) mass is 381 g/mol. The van der Waals surface area contributed by atoms with E-state index in [4.69, 9.17) is 16.3 Å². The Morgan fingerprint density at radius 1 is 1.15 bits per heavy atom. The Hall–Kier alpha value is -2.81. The zero-order chi connectivity index (χ0) is 19.1. The van der Waals surface area contributed by atoms with Gasteiger partial charge in [0.25, 0.3) is 5.91 Å². The van der Waals surface area contributed by atoms with Gasteiger partial charge in [0, 0.05) is 30.3 Å². The van der Waals surface area contributed by atoms with E-state index in [0.29, 0.717) is 11.6 Å². The van der Waals surface area contributed by atoms with Gasteiger partial charge in [-0.15, -0.1) is 0 Å². The lowest BCUT2D eigenvalue weighted by Crippen LogP contribution is -2.36. The maximum Gasteiger partial charge on any atom is 0.262 e. The first kappa shape index (κ1) is 19.0. The number of nitrogens with zero attached hydrogens (tertiary/aromatic N) is 2. The van der Waals surface area contributed by atoms with Gasteiger partial charge in [0.1, 0.15) is 11.6 Å². The van der Waals surface area contributed by atoms with Crippen LogP contribution in [-0.4, -0.2) is 32.2 Å². The molecule has 0 saturated carbocycles. The van der Waals surface area contributed by atoms with Crippen molar-refractivity contribution in [3.63, 3.8) is 0 Å². The van der Waals surface area contributed by atoms with Gasteiger partial charge < -0.3 is 15.0 Å². The molecule has 0 atom stereocenters. The topological polar surface area (TPSA) is 65.4 Å². The highest BCUT2D eigenvalue weighted by molar-refractivity contribution is 6.30. The van der Waals surface area contributed by atoms with E-state index in [1.807, 2.05) is 42.5 Å². The molecule has 1 fully saturated rings. The molecule has 5 nitrogen and oxygen atoms in total. The number of hydrogen-bond acceptors (Lipinski definition) is 4. The van der Waals surface area contributed by atoms with Crippen molar-refractivity contribution in [1.82, 2.24) is 5.32 Å². The third-order valence-electron chi connectivity index (χ3n) is 4.31. The highest BCUT2D eigenvalue weighted by Crippen LogP contribution is 2.18. The number of nitriles is 1. The van der Waals surface area contributed by atoms with Crippen molar-refractivity contribution in [2.24, 2.45) is 0 Å². The maximum absolute atomic E-state index is 12.3. The molecule has 1 heterocycles. The Morgan fingerprint density at radius 3 is 2.44 bits per heavy atom. The summed E-state index contributed by atoms with van der Waals surface area (Å²) in [6.45, 7) is 3.53. The SMILES string of the molecule is N#CC(=Cc1ccc(N2CCOCC2)cc1)C(=O)NCc1ccc(Cl)cc1. The average Bonchev–Trinajstić information content (AvgIpc) is 2.72. The minimum atomic E-state index is -0.398. The van der Waals surface area contributed by atoms with Crippen LogP contribution in [-0.2, 0) is 16.1 Å². The molecule has 1 N–H and O–H groups in total. The van der Waals surface area contributed by atoms with E-state index in [1.54, 1.807) is 18.2 Å². The van der Waals surface area contributed by atoms with Crippen LogP contribution >= 0.6 is 11.6 Å². The van der Waals surface area contributed by atoms with Crippen LogP contribution in [0.4, 0.5) is 5.69 Å². The second-order valence-corrected chi connectivity index (χ2v) is 6.61. The van der Waals surface area contributed by atoms with Crippen LogP contribution in [0.1, 0.15) is 11.1 Å². The van der Waals surface area contributed by atoms with Crippen LogP contribution in [0.25, 0.3) is 6.08 Å². The fourth-order valence-corrected chi connectivity index (χ4v) is 2.92. The first-order chi connectivity index (χ1) is 13.2. The first-order valence-corrected chi connectivity index (χ1v) is 9.11. The molecule has 0 bridgehead atoms. The number of nitrogens with one attached hydrogen (secondary N) is 1. The summed E-state index contributed by atoms with van der Waals surface area (Å²) >= 11 is 5.85. The Balaban J connectivity index is 1.63. The van der Waals surface area contributed by atoms with Gasteiger partial charge in [0.15, 0.2) is 0 Å². The van der Waals surface area contributed by atoms with Gasteiger partial charge in [-0.3, -0.25) is 4.79 Å². The van der Waals surface area contributed by atoms with Crippen LogP contribution in [0, 0.1) is 11.3 Å². The standard InChI is InChI=1S/C21H20ClN3O2/c22-19-5-1-17(2-6-19)15-24-21(26)18(14-23)13-16-3-7-20(8-4-16)25-9-11-27-12-10-25/h1-8,13H,9-12,15H2,(H,24,26).